The molecule has 5 rings (SSSR count). The van der Waals surface area contributed by atoms with Gasteiger partial charge in [-0.05, 0) is 110 Å². The van der Waals surface area contributed by atoms with E-state index in [-0.39, 0.29) is 23.7 Å². The molecule has 3 aromatic rings. The number of aryl methyl sites for hydroxylation is 2. The summed E-state index contributed by atoms with van der Waals surface area (Å²) < 4.78 is 5.72. The Balaban J connectivity index is 1.10. The molecule has 4 nitrogen and oxygen atoms in total. The van der Waals surface area contributed by atoms with E-state index < -0.39 is 0 Å². The fraction of sp³-hybridized carbons (Fsp3) is 0.412. The molecule has 0 aliphatic heterocycles. The number of hydrogen-bond donors (Lipinski definition) is 1. The SMILES string of the molecule is Cc1ccc(NC(=O)C2CCC(C(=O)Oc3ccc(-c4ccc(C5CCCCC5)cc4)cc3)CC2)cc1C. The summed E-state index contributed by atoms with van der Waals surface area (Å²) in [6.07, 6.45) is 9.43. The molecule has 0 heterocycles. The zero-order valence-electron chi connectivity index (χ0n) is 22.7. The minimum Gasteiger partial charge on any atom is -0.426 e. The van der Waals surface area contributed by atoms with Crippen LogP contribution >= 0.6 is 0 Å². The molecule has 0 spiro atoms. The van der Waals surface area contributed by atoms with Crippen LogP contribution in [0.25, 0.3) is 11.1 Å². The van der Waals surface area contributed by atoms with Gasteiger partial charge in [0.05, 0.1) is 5.92 Å². The molecule has 198 valence electrons. The van der Waals surface area contributed by atoms with Gasteiger partial charge in [0.2, 0.25) is 5.91 Å². The molecule has 0 unspecified atom stereocenters. The van der Waals surface area contributed by atoms with Crippen LogP contribution in [0.2, 0.25) is 0 Å². The van der Waals surface area contributed by atoms with Crippen molar-refractivity contribution in [1.82, 2.24) is 0 Å². The highest BCUT2D eigenvalue weighted by molar-refractivity contribution is 5.92. The number of nitrogens with one attached hydrogen (secondary N) is 1. The highest BCUT2D eigenvalue weighted by Gasteiger charge is 2.31. The van der Waals surface area contributed by atoms with E-state index in [0.29, 0.717) is 37.4 Å². The molecule has 2 aliphatic rings. The van der Waals surface area contributed by atoms with Gasteiger partial charge in [0.25, 0.3) is 0 Å². The van der Waals surface area contributed by atoms with Crippen LogP contribution in [0.4, 0.5) is 5.69 Å². The van der Waals surface area contributed by atoms with E-state index in [1.54, 1.807) is 0 Å². The third-order valence-corrected chi connectivity index (χ3v) is 8.60. The third kappa shape index (κ3) is 6.35. The summed E-state index contributed by atoms with van der Waals surface area (Å²) in [6, 6.07) is 22.7. The Hall–Kier alpha value is -3.40. The first-order valence-corrected chi connectivity index (χ1v) is 14.3. The van der Waals surface area contributed by atoms with Gasteiger partial charge in [-0.1, -0.05) is 61.7 Å². The lowest BCUT2D eigenvalue weighted by atomic mass is 9.81. The Labute approximate surface area is 226 Å². The number of ether oxygens (including phenoxy) is 1. The smallest absolute Gasteiger partial charge is 0.314 e. The molecule has 1 N–H and O–H groups in total. The Bertz CT molecular complexity index is 1250. The van der Waals surface area contributed by atoms with Crippen molar-refractivity contribution in [2.24, 2.45) is 11.8 Å². The van der Waals surface area contributed by atoms with Crippen molar-refractivity contribution < 1.29 is 14.3 Å². The van der Waals surface area contributed by atoms with E-state index in [2.05, 4.69) is 36.5 Å². The van der Waals surface area contributed by atoms with Crippen LogP contribution in [0.3, 0.4) is 0 Å². The van der Waals surface area contributed by atoms with Crippen LogP contribution in [0.5, 0.6) is 5.75 Å². The van der Waals surface area contributed by atoms with Gasteiger partial charge in [-0.15, -0.1) is 0 Å². The number of carbonyl (C=O) groups is 2. The zero-order valence-corrected chi connectivity index (χ0v) is 22.7. The zero-order chi connectivity index (χ0) is 26.5. The first-order chi connectivity index (χ1) is 18.5. The third-order valence-electron chi connectivity index (χ3n) is 8.60. The van der Waals surface area contributed by atoms with Gasteiger partial charge in [0.1, 0.15) is 5.75 Å². The maximum Gasteiger partial charge on any atom is 0.314 e. The molecule has 0 radical (unpaired) electrons. The lowest BCUT2D eigenvalue weighted by Gasteiger charge is -2.26. The normalized spacial score (nSPS) is 20.1. The molecule has 2 aliphatic carbocycles. The van der Waals surface area contributed by atoms with Gasteiger partial charge >= 0.3 is 5.97 Å². The highest BCUT2D eigenvalue weighted by atomic mass is 16.5. The predicted molar refractivity (Wildman–Crippen MR) is 153 cm³/mol. The topological polar surface area (TPSA) is 55.4 Å². The molecule has 4 heteroatoms. The first-order valence-electron chi connectivity index (χ1n) is 14.3. The second-order valence-corrected chi connectivity index (χ2v) is 11.2. The minimum absolute atomic E-state index is 0.0439. The van der Waals surface area contributed by atoms with Crippen LogP contribution < -0.4 is 10.1 Å². The van der Waals surface area contributed by atoms with Crippen LogP contribution in [0.15, 0.2) is 66.7 Å². The van der Waals surface area contributed by atoms with Crippen LogP contribution in [0.1, 0.15) is 80.4 Å². The van der Waals surface area contributed by atoms with Crippen molar-refractivity contribution in [2.75, 3.05) is 5.32 Å². The van der Waals surface area contributed by atoms with Crippen molar-refractivity contribution in [2.45, 2.75) is 77.6 Å². The van der Waals surface area contributed by atoms with Crippen LogP contribution in [0, 0.1) is 25.7 Å². The number of benzene rings is 3. The lowest BCUT2D eigenvalue weighted by Crippen LogP contribution is -2.31. The summed E-state index contributed by atoms with van der Waals surface area (Å²) in [5.41, 5.74) is 6.96. The Kier molecular flexibility index (Phi) is 8.26. The van der Waals surface area contributed by atoms with Crippen molar-refractivity contribution in [3.05, 3.63) is 83.4 Å². The van der Waals surface area contributed by atoms with Crippen LogP contribution in [-0.4, -0.2) is 11.9 Å². The summed E-state index contributed by atoms with van der Waals surface area (Å²) >= 11 is 0. The monoisotopic (exact) mass is 509 g/mol. The average molecular weight is 510 g/mol. The predicted octanol–water partition coefficient (Wildman–Crippen LogP) is 8.37. The van der Waals surface area contributed by atoms with E-state index in [1.165, 1.54) is 48.8 Å². The molecule has 0 aromatic heterocycles. The van der Waals surface area contributed by atoms with Gasteiger partial charge in [0, 0.05) is 11.6 Å². The average Bonchev–Trinajstić information content (AvgIpc) is 2.96. The molecular formula is C34H39NO3. The molecule has 3 aromatic carbocycles. The molecular weight excluding hydrogens is 470 g/mol. The van der Waals surface area contributed by atoms with Gasteiger partial charge < -0.3 is 10.1 Å². The van der Waals surface area contributed by atoms with E-state index >= 15 is 0 Å². The Morgan fingerprint density at radius 3 is 1.92 bits per heavy atom. The molecule has 0 saturated heterocycles. The van der Waals surface area contributed by atoms with Gasteiger partial charge in [-0.25, -0.2) is 0 Å². The summed E-state index contributed by atoms with van der Waals surface area (Å²) in [5.74, 6) is 0.913. The fourth-order valence-electron chi connectivity index (χ4n) is 5.95. The minimum atomic E-state index is -0.192. The largest absolute Gasteiger partial charge is 0.426 e. The number of rotatable bonds is 6. The Morgan fingerprint density at radius 1 is 0.684 bits per heavy atom. The van der Waals surface area contributed by atoms with Crippen molar-refractivity contribution >= 4 is 17.6 Å². The number of amides is 1. The molecule has 0 atom stereocenters. The number of esters is 1. The number of carbonyl (C=O) groups excluding carboxylic acids is 2. The summed E-state index contributed by atoms with van der Waals surface area (Å²) in [7, 11) is 0. The standard InChI is InChI=1S/C34H39NO3/c1-23-8-19-31(22-24(23)2)35-33(36)29-13-15-30(16-14-29)34(37)38-32-20-17-28(18-21-32)27-11-9-26(10-12-27)25-6-4-3-5-7-25/h8-12,17-22,25,29-30H,3-7,13-16H2,1-2H3,(H,35,36). The summed E-state index contributed by atoms with van der Waals surface area (Å²) in [6.45, 7) is 4.11. The molecule has 0 bridgehead atoms. The van der Waals surface area contributed by atoms with Crippen LogP contribution in [-0.2, 0) is 9.59 Å². The molecule has 38 heavy (non-hydrogen) atoms. The first kappa shape index (κ1) is 26.2. The number of hydrogen-bond acceptors (Lipinski definition) is 3. The van der Waals surface area contributed by atoms with Crippen molar-refractivity contribution in [3.8, 4) is 16.9 Å². The lowest BCUT2D eigenvalue weighted by molar-refractivity contribution is -0.141. The Morgan fingerprint density at radius 2 is 1.29 bits per heavy atom. The number of anilines is 1. The molecule has 2 saturated carbocycles. The highest BCUT2D eigenvalue weighted by Crippen LogP contribution is 2.34. The maximum atomic E-state index is 12.8. The van der Waals surface area contributed by atoms with E-state index in [9.17, 15) is 9.59 Å². The van der Waals surface area contributed by atoms with Gasteiger partial charge in [-0.2, -0.15) is 0 Å². The van der Waals surface area contributed by atoms with Crippen molar-refractivity contribution in [1.29, 1.82) is 0 Å². The molecule has 1 amide bonds. The maximum absolute atomic E-state index is 12.8. The second-order valence-electron chi connectivity index (χ2n) is 11.2. The summed E-state index contributed by atoms with van der Waals surface area (Å²) in [5, 5.41) is 3.05. The second kappa shape index (κ2) is 12.0. The van der Waals surface area contributed by atoms with Gasteiger partial charge in [-0.3, -0.25) is 9.59 Å². The van der Waals surface area contributed by atoms with E-state index in [0.717, 1.165) is 16.8 Å². The van der Waals surface area contributed by atoms with Crippen molar-refractivity contribution in [3.63, 3.8) is 0 Å². The fourth-order valence-corrected chi connectivity index (χ4v) is 5.95. The summed E-state index contributed by atoms with van der Waals surface area (Å²) in [4.78, 5) is 25.6. The quantitative estimate of drug-likeness (QED) is 0.268. The molecule has 2 fully saturated rings. The van der Waals surface area contributed by atoms with Gasteiger partial charge in [0.15, 0.2) is 0 Å². The van der Waals surface area contributed by atoms with E-state index in [1.807, 2.05) is 49.4 Å². The van der Waals surface area contributed by atoms with E-state index in [4.69, 9.17) is 4.74 Å².